The predicted molar refractivity (Wildman–Crippen MR) is 117 cm³/mol. The lowest BCUT2D eigenvalue weighted by atomic mass is 10.1. The van der Waals surface area contributed by atoms with Crippen molar-refractivity contribution < 1.29 is 21.6 Å². The van der Waals surface area contributed by atoms with E-state index in [0.717, 1.165) is 4.31 Å². The largest absolute Gasteiger partial charge is 0.404 e. The van der Waals surface area contributed by atoms with Crippen molar-refractivity contribution in [2.24, 2.45) is 0 Å². The van der Waals surface area contributed by atoms with Gasteiger partial charge in [-0.05, 0) is 25.0 Å². The summed E-state index contributed by atoms with van der Waals surface area (Å²) >= 11 is 0. The van der Waals surface area contributed by atoms with Gasteiger partial charge < -0.3 is 4.98 Å². The second-order valence-corrected chi connectivity index (χ2v) is 10.1. The Morgan fingerprint density at radius 2 is 2.09 bits per heavy atom. The molecule has 35 heavy (non-hydrogen) atoms. The normalized spacial score (nSPS) is 17.7. The average Bonchev–Trinajstić information content (AvgIpc) is 3.36. The monoisotopic (exact) mass is 506 g/mol. The smallest absolute Gasteiger partial charge is 0.303 e. The Balaban J connectivity index is 1.55. The van der Waals surface area contributed by atoms with Crippen molar-refractivity contribution in [1.82, 2.24) is 33.4 Å². The van der Waals surface area contributed by atoms with Crippen LogP contribution >= 0.6 is 0 Å². The molecule has 1 atom stereocenters. The lowest BCUT2D eigenvalue weighted by Crippen LogP contribution is -2.45. The zero-order valence-electron chi connectivity index (χ0n) is 17.9. The number of H-pyrrole nitrogens is 1. The van der Waals surface area contributed by atoms with E-state index in [2.05, 4.69) is 20.1 Å². The number of imidazole rings is 1. The number of nitriles is 1. The zero-order chi connectivity index (χ0) is 25.0. The minimum atomic E-state index is -4.87. The number of aromatic amines is 1. The molecular formula is C20H17F3N8O3S. The van der Waals surface area contributed by atoms with Crippen LogP contribution in [0.15, 0.2) is 35.5 Å². The van der Waals surface area contributed by atoms with Crippen LogP contribution in [0.25, 0.3) is 28.1 Å². The van der Waals surface area contributed by atoms with Crippen LogP contribution < -0.4 is 5.69 Å². The molecule has 4 aromatic rings. The highest BCUT2D eigenvalue weighted by Crippen LogP contribution is 2.29. The highest BCUT2D eigenvalue weighted by Gasteiger charge is 2.40. The van der Waals surface area contributed by atoms with Gasteiger partial charge in [-0.1, -0.05) is 0 Å². The standard InChI is InChI=1S/C20H17F3N8O3S/c21-20(22,23)11-35(33,34)29-4-1-2-13(10-29)31-18-15(27-19(31)32)9-25-17(28-18)14-8-26-30-5-3-12(7-24)6-16(14)30/h3,5-6,8-9,13H,1-2,4,10-11H2,(H,27,32)/t13-/m0/s1. The molecule has 182 valence electrons. The molecule has 0 spiro atoms. The minimum absolute atomic E-state index is 0.0596. The summed E-state index contributed by atoms with van der Waals surface area (Å²) in [4.78, 5) is 24.2. The van der Waals surface area contributed by atoms with Gasteiger partial charge in [-0.2, -0.15) is 27.8 Å². The quantitative estimate of drug-likeness (QED) is 0.445. The fourth-order valence-corrected chi connectivity index (χ4v) is 5.69. The molecule has 0 aromatic carbocycles. The second kappa shape index (κ2) is 8.17. The van der Waals surface area contributed by atoms with Crippen molar-refractivity contribution in [3.63, 3.8) is 0 Å². The first-order chi connectivity index (χ1) is 16.6. The van der Waals surface area contributed by atoms with Gasteiger partial charge in [0.15, 0.2) is 17.2 Å². The van der Waals surface area contributed by atoms with Gasteiger partial charge in [0.25, 0.3) is 0 Å². The number of pyridine rings is 1. The number of fused-ring (bicyclic) bond motifs is 2. The van der Waals surface area contributed by atoms with E-state index in [1.807, 2.05) is 6.07 Å². The molecule has 0 unspecified atom stereocenters. The Kier molecular flexibility index (Phi) is 5.37. The SMILES string of the molecule is N#Cc1ccn2ncc(-c3ncc4[nH]c(=O)n([C@H]5CCCN(S(=O)(=O)CC(F)(F)F)C5)c4n3)c2c1. The number of nitrogens with one attached hydrogen (secondary N) is 1. The van der Waals surface area contributed by atoms with Crippen LogP contribution in [0.1, 0.15) is 24.4 Å². The Labute approximate surface area is 195 Å². The molecule has 1 fully saturated rings. The van der Waals surface area contributed by atoms with Crippen molar-refractivity contribution in [3.8, 4) is 17.5 Å². The number of alkyl halides is 3. The summed E-state index contributed by atoms with van der Waals surface area (Å²) in [6, 6.07) is 4.54. The van der Waals surface area contributed by atoms with Gasteiger partial charge in [0.05, 0.1) is 41.1 Å². The number of hydrogen-bond acceptors (Lipinski definition) is 7. The number of hydrogen-bond donors (Lipinski definition) is 1. The number of sulfonamides is 1. The molecule has 5 heterocycles. The molecule has 1 aliphatic rings. The fraction of sp³-hybridized carbons (Fsp3) is 0.350. The molecule has 1 saturated heterocycles. The van der Waals surface area contributed by atoms with Crippen LogP contribution in [0.5, 0.6) is 0 Å². The third kappa shape index (κ3) is 4.26. The molecule has 0 radical (unpaired) electrons. The highest BCUT2D eigenvalue weighted by atomic mass is 32.2. The van der Waals surface area contributed by atoms with Crippen LogP contribution in [0.4, 0.5) is 13.2 Å². The van der Waals surface area contributed by atoms with Crippen molar-refractivity contribution in [1.29, 1.82) is 5.26 Å². The first-order valence-corrected chi connectivity index (χ1v) is 12.1. The molecule has 0 amide bonds. The number of nitrogens with zero attached hydrogens (tertiary/aromatic N) is 7. The van der Waals surface area contributed by atoms with E-state index in [-0.39, 0.29) is 31.0 Å². The first-order valence-electron chi connectivity index (χ1n) is 10.5. The minimum Gasteiger partial charge on any atom is -0.303 e. The molecule has 1 aliphatic heterocycles. The summed E-state index contributed by atoms with van der Waals surface area (Å²) in [6.45, 7) is -0.345. The lowest BCUT2D eigenvalue weighted by molar-refractivity contribution is -0.107. The van der Waals surface area contributed by atoms with Crippen molar-refractivity contribution >= 4 is 26.7 Å². The maximum atomic E-state index is 12.8. The lowest BCUT2D eigenvalue weighted by Gasteiger charge is -2.32. The Bertz CT molecular complexity index is 1650. The molecular weight excluding hydrogens is 489 g/mol. The first kappa shape index (κ1) is 23.0. The Hall–Kier alpha value is -3.77. The second-order valence-electron chi connectivity index (χ2n) is 8.17. The molecule has 4 aromatic heterocycles. The van der Waals surface area contributed by atoms with Crippen LogP contribution in [-0.4, -0.2) is 66.9 Å². The molecule has 15 heteroatoms. The summed E-state index contributed by atoms with van der Waals surface area (Å²) in [5, 5.41) is 13.4. The third-order valence-corrected chi connectivity index (χ3v) is 7.62. The van der Waals surface area contributed by atoms with Crippen molar-refractivity contribution in [2.75, 3.05) is 18.8 Å². The fourth-order valence-electron chi connectivity index (χ4n) is 4.29. The highest BCUT2D eigenvalue weighted by molar-refractivity contribution is 7.89. The van der Waals surface area contributed by atoms with E-state index in [0.29, 0.717) is 28.6 Å². The molecule has 0 bridgehead atoms. The van der Waals surface area contributed by atoms with Gasteiger partial charge in [0.1, 0.15) is 5.52 Å². The topological polar surface area (TPSA) is 142 Å². The van der Waals surface area contributed by atoms with E-state index >= 15 is 0 Å². The molecule has 0 aliphatic carbocycles. The van der Waals surface area contributed by atoms with Crippen molar-refractivity contribution in [3.05, 3.63) is 46.8 Å². The summed E-state index contributed by atoms with van der Waals surface area (Å²) in [5.74, 6) is -1.74. The molecule has 1 N–H and O–H groups in total. The maximum Gasteiger partial charge on any atom is 0.404 e. The molecule has 0 saturated carbocycles. The van der Waals surface area contributed by atoms with E-state index in [1.165, 1.54) is 17.0 Å². The van der Waals surface area contributed by atoms with E-state index < -0.39 is 33.7 Å². The van der Waals surface area contributed by atoms with Gasteiger partial charge in [-0.3, -0.25) is 4.57 Å². The van der Waals surface area contributed by atoms with Crippen LogP contribution in [-0.2, 0) is 10.0 Å². The number of rotatable bonds is 4. The summed E-state index contributed by atoms with van der Waals surface area (Å²) in [5.41, 5.74) is 1.38. The summed E-state index contributed by atoms with van der Waals surface area (Å²) in [6.07, 6.45) is 0.314. The maximum absolute atomic E-state index is 12.8. The van der Waals surface area contributed by atoms with E-state index in [4.69, 9.17) is 0 Å². The summed E-state index contributed by atoms with van der Waals surface area (Å²) in [7, 11) is -4.59. The molecule has 11 nitrogen and oxygen atoms in total. The van der Waals surface area contributed by atoms with Crippen LogP contribution in [0.2, 0.25) is 0 Å². The predicted octanol–water partition coefficient (Wildman–Crippen LogP) is 1.83. The van der Waals surface area contributed by atoms with E-state index in [1.54, 1.807) is 22.8 Å². The summed E-state index contributed by atoms with van der Waals surface area (Å²) < 4.78 is 66.5. The third-order valence-electron chi connectivity index (χ3n) is 5.81. The van der Waals surface area contributed by atoms with Gasteiger partial charge in [0, 0.05) is 19.3 Å². The molecule has 5 rings (SSSR count). The van der Waals surface area contributed by atoms with Gasteiger partial charge >= 0.3 is 11.9 Å². The van der Waals surface area contributed by atoms with Crippen molar-refractivity contribution in [2.45, 2.75) is 25.1 Å². The van der Waals surface area contributed by atoms with Gasteiger partial charge in [-0.25, -0.2) is 27.7 Å². The zero-order valence-corrected chi connectivity index (χ0v) is 18.7. The number of halogens is 3. The number of aromatic nitrogens is 6. The van der Waals surface area contributed by atoms with Crippen LogP contribution in [0, 0.1) is 11.3 Å². The van der Waals surface area contributed by atoms with Crippen LogP contribution in [0.3, 0.4) is 0 Å². The number of piperidine rings is 1. The average molecular weight is 506 g/mol. The van der Waals surface area contributed by atoms with Gasteiger partial charge in [-0.15, -0.1) is 0 Å². The van der Waals surface area contributed by atoms with Gasteiger partial charge in [0.2, 0.25) is 10.0 Å². The Morgan fingerprint density at radius 1 is 1.29 bits per heavy atom. The Morgan fingerprint density at radius 3 is 2.83 bits per heavy atom. The van der Waals surface area contributed by atoms with E-state index in [9.17, 15) is 31.6 Å².